The quantitative estimate of drug-likeness (QED) is 0.519. The minimum absolute atomic E-state index is 0.0858. The molecule has 4 N–H and O–H groups in total. The lowest BCUT2D eigenvalue weighted by Crippen LogP contribution is -2.56. The van der Waals surface area contributed by atoms with Crippen LogP contribution in [0.1, 0.15) is 39.2 Å². The first kappa shape index (κ1) is 22.2. The molecule has 1 aromatic carbocycles. The van der Waals surface area contributed by atoms with Gasteiger partial charge in [-0.05, 0) is 32.8 Å². The maximum Gasteiger partial charge on any atom is 0.230 e. The summed E-state index contributed by atoms with van der Waals surface area (Å²) in [7, 11) is 0. The zero-order valence-electron chi connectivity index (χ0n) is 16.7. The summed E-state index contributed by atoms with van der Waals surface area (Å²) in [5, 5.41) is 11.8. The van der Waals surface area contributed by atoms with Gasteiger partial charge in [0.15, 0.2) is 0 Å². The molecule has 0 spiro atoms. The predicted octanol–water partition coefficient (Wildman–Crippen LogP) is 1.15. The summed E-state index contributed by atoms with van der Waals surface area (Å²) in [4.78, 5) is 36.1. The fourth-order valence-electron chi connectivity index (χ4n) is 2.86. The summed E-state index contributed by atoms with van der Waals surface area (Å²) in [6, 6.07) is 9.72. The molecule has 0 aliphatic carbocycles. The molecule has 7 nitrogen and oxygen atoms in total. The van der Waals surface area contributed by atoms with Crippen LogP contribution in [-0.2, 0) is 20.8 Å². The number of amides is 3. The van der Waals surface area contributed by atoms with Gasteiger partial charge in [-0.15, -0.1) is 11.8 Å². The first-order valence-corrected chi connectivity index (χ1v) is 10.5. The summed E-state index contributed by atoms with van der Waals surface area (Å²) in [6.45, 7) is 6.32. The number of carbonyl (C=O) groups excluding carboxylic acids is 3. The molecule has 154 valence electrons. The molecule has 3 amide bonds. The van der Waals surface area contributed by atoms with Crippen LogP contribution in [0, 0.1) is 0 Å². The summed E-state index contributed by atoms with van der Waals surface area (Å²) in [6.07, 6.45) is 1.25. The van der Waals surface area contributed by atoms with E-state index >= 15 is 0 Å². The van der Waals surface area contributed by atoms with Crippen molar-refractivity contribution < 1.29 is 14.4 Å². The third kappa shape index (κ3) is 8.75. The van der Waals surface area contributed by atoms with Gasteiger partial charge < -0.3 is 16.0 Å². The molecule has 1 aliphatic rings. The predicted molar refractivity (Wildman–Crippen MR) is 112 cm³/mol. The Kier molecular flexibility index (Phi) is 8.32. The highest BCUT2D eigenvalue weighted by molar-refractivity contribution is 8.00. The normalized spacial score (nSPS) is 19.6. The Morgan fingerprint density at radius 2 is 1.89 bits per heavy atom. The molecule has 2 unspecified atom stereocenters. The van der Waals surface area contributed by atoms with Gasteiger partial charge in [-0.1, -0.05) is 30.3 Å². The lowest BCUT2D eigenvalue weighted by atomic mass is 10.1. The second-order valence-corrected chi connectivity index (χ2v) is 9.01. The zero-order chi connectivity index (χ0) is 20.6. The van der Waals surface area contributed by atoms with Gasteiger partial charge in [0.05, 0.1) is 5.75 Å². The van der Waals surface area contributed by atoms with E-state index in [4.69, 9.17) is 0 Å². The molecule has 0 radical (unpaired) electrons. The number of hydrogen-bond acceptors (Lipinski definition) is 5. The molecule has 1 aromatic rings. The molecule has 28 heavy (non-hydrogen) atoms. The number of thioether (sulfide) groups is 1. The van der Waals surface area contributed by atoms with Crippen LogP contribution in [0.5, 0.6) is 0 Å². The highest BCUT2D eigenvalue weighted by atomic mass is 32.2. The van der Waals surface area contributed by atoms with Crippen molar-refractivity contribution in [3.05, 3.63) is 35.9 Å². The fourth-order valence-corrected chi connectivity index (χ4v) is 3.76. The molecule has 0 saturated carbocycles. The monoisotopic (exact) mass is 406 g/mol. The van der Waals surface area contributed by atoms with Gasteiger partial charge in [0, 0.05) is 31.0 Å². The van der Waals surface area contributed by atoms with E-state index in [1.807, 2.05) is 51.1 Å². The highest BCUT2D eigenvalue weighted by Gasteiger charge is 2.28. The first-order valence-electron chi connectivity index (χ1n) is 9.50. The largest absolute Gasteiger partial charge is 0.356 e. The van der Waals surface area contributed by atoms with Gasteiger partial charge in [-0.3, -0.25) is 19.7 Å². The van der Waals surface area contributed by atoms with Crippen molar-refractivity contribution >= 4 is 29.5 Å². The van der Waals surface area contributed by atoms with Crippen LogP contribution in [0.3, 0.4) is 0 Å². The average Bonchev–Trinajstić information content (AvgIpc) is 2.59. The summed E-state index contributed by atoms with van der Waals surface area (Å²) in [5.41, 5.74) is 0.499. The first-order chi connectivity index (χ1) is 13.2. The van der Waals surface area contributed by atoms with Crippen molar-refractivity contribution in [1.29, 1.82) is 0 Å². The molecule has 2 atom stereocenters. The number of rotatable bonds is 8. The standard InChI is InChI=1S/C20H30N4O3S/c1-20(2,3)24-18(27)13-28-19-22-15(12-17(26)23-19)11-16(25)21-10-9-14-7-5-4-6-8-14/h4-8,15,19,22H,9-13H2,1-3H3,(H,21,25)(H,23,26)(H,24,27). The van der Waals surface area contributed by atoms with Crippen LogP contribution >= 0.6 is 11.8 Å². The van der Waals surface area contributed by atoms with E-state index in [1.165, 1.54) is 17.3 Å². The molecule has 2 rings (SSSR count). The van der Waals surface area contributed by atoms with E-state index in [-0.39, 0.29) is 53.4 Å². The van der Waals surface area contributed by atoms with E-state index in [9.17, 15) is 14.4 Å². The fraction of sp³-hybridized carbons (Fsp3) is 0.550. The van der Waals surface area contributed by atoms with Gasteiger partial charge in [0.2, 0.25) is 17.7 Å². The average molecular weight is 407 g/mol. The zero-order valence-corrected chi connectivity index (χ0v) is 17.5. The lowest BCUT2D eigenvalue weighted by molar-refractivity contribution is -0.125. The molecule has 1 heterocycles. The SMILES string of the molecule is CC(C)(C)NC(=O)CSC1NC(=O)CC(CC(=O)NCCc2ccccc2)N1. The van der Waals surface area contributed by atoms with Crippen LogP contribution in [0.2, 0.25) is 0 Å². The van der Waals surface area contributed by atoms with Crippen molar-refractivity contribution in [2.75, 3.05) is 12.3 Å². The minimum Gasteiger partial charge on any atom is -0.356 e. The van der Waals surface area contributed by atoms with Crippen LogP contribution in [0.15, 0.2) is 30.3 Å². The van der Waals surface area contributed by atoms with Gasteiger partial charge in [0.1, 0.15) is 5.50 Å². The van der Waals surface area contributed by atoms with E-state index in [0.717, 1.165) is 6.42 Å². The summed E-state index contributed by atoms with van der Waals surface area (Å²) < 4.78 is 0. The number of benzene rings is 1. The molecular weight excluding hydrogens is 376 g/mol. The Morgan fingerprint density at radius 1 is 1.18 bits per heavy atom. The van der Waals surface area contributed by atoms with Crippen LogP contribution in [0.25, 0.3) is 0 Å². The molecule has 1 aliphatic heterocycles. The number of carbonyl (C=O) groups is 3. The number of nitrogens with one attached hydrogen (secondary N) is 4. The lowest BCUT2D eigenvalue weighted by Gasteiger charge is -2.31. The van der Waals surface area contributed by atoms with Gasteiger partial charge in [-0.2, -0.15) is 0 Å². The molecule has 0 bridgehead atoms. The molecule has 1 fully saturated rings. The Labute approximate surface area is 170 Å². The molecule has 1 saturated heterocycles. The molecular formula is C20H30N4O3S. The molecule has 0 aromatic heterocycles. The van der Waals surface area contributed by atoms with Gasteiger partial charge in [0.25, 0.3) is 0 Å². The van der Waals surface area contributed by atoms with E-state index in [1.54, 1.807) is 0 Å². The maximum absolute atomic E-state index is 12.2. The van der Waals surface area contributed by atoms with Gasteiger partial charge in [-0.25, -0.2) is 0 Å². The Hall–Kier alpha value is -2.06. The van der Waals surface area contributed by atoms with Crippen LogP contribution < -0.4 is 21.3 Å². The van der Waals surface area contributed by atoms with Gasteiger partial charge >= 0.3 is 0 Å². The third-order valence-electron chi connectivity index (χ3n) is 4.02. The Morgan fingerprint density at radius 3 is 2.57 bits per heavy atom. The second kappa shape index (κ2) is 10.5. The Balaban J connectivity index is 1.71. The van der Waals surface area contributed by atoms with Crippen LogP contribution in [-0.4, -0.2) is 47.1 Å². The minimum atomic E-state index is -0.380. The van der Waals surface area contributed by atoms with E-state index in [0.29, 0.717) is 6.54 Å². The van der Waals surface area contributed by atoms with E-state index < -0.39 is 0 Å². The van der Waals surface area contributed by atoms with Crippen molar-refractivity contribution in [1.82, 2.24) is 21.3 Å². The topological polar surface area (TPSA) is 99.3 Å². The van der Waals surface area contributed by atoms with Crippen molar-refractivity contribution in [2.45, 2.75) is 57.1 Å². The van der Waals surface area contributed by atoms with Crippen molar-refractivity contribution in [3.8, 4) is 0 Å². The van der Waals surface area contributed by atoms with Crippen molar-refractivity contribution in [2.24, 2.45) is 0 Å². The molecule has 8 heteroatoms. The smallest absolute Gasteiger partial charge is 0.230 e. The summed E-state index contributed by atoms with van der Waals surface area (Å²) in [5.74, 6) is -0.0631. The highest BCUT2D eigenvalue weighted by Crippen LogP contribution is 2.14. The summed E-state index contributed by atoms with van der Waals surface area (Å²) >= 11 is 1.31. The van der Waals surface area contributed by atoms with E-state index in [2.05, 4.69) is 21.3 Å². The van der Waals surface area contributed by atoms with Crippen molar-refractivity contribution in [3.63, 3.8) is 0 Å². The van der Waals surface area contributed by atoms with Crippen LogP contribution in [0.4, 0.5) is 0 Å². The number of hydrogen-bond donors (Lipinski definition) is 4. The Bertz CT molecular complexity index is 676. The third-order valence-corrected chi connectivity index (χ3v) is 5.03. The second-order valence-electron chi connectivity index (χ2n) is 7.91. The maximum atomic E-state index is 12.2.